The molecule has 0 saturated carbocycles. The minimum atomic E-state index is -3.96. The molecule has 0 aliphatic heterocycles. The molecule has 0 heterocycles. The van der Waals surface area contributed by atoms with Gasteiger partial charge >= 0.3 is 6.18 Å². The molecular formula is C3H5F3Li. The number of hydrogen-bond donors (Lipinski definition) is 0. The normalized spacial score (nSPS) is 10.3. The Morgan fingerprint density at radius 3 is 1.43 bits per heavy atom. The Hall–Kier alpha value is 0.387. The van der Waals surface area contributed by atoms with E-state index < -0.39 is 12.6 Å². The Labute approximate surface area is 52.3 Å². The van der Waals surface area contributed by atoms with E-state index in [0.717, 1.165) is 6.92 Å². The Bertz CT molecular complexity index is 39.9. The summed E-state index contributed by atoms with van der Waals surface area (Å²) in [4.78, 5) is 0. The Morgan fingerprint density at radius 1 is 1.29 bits per heavy atom. The van der Waals surface area contributed by atoms with Crippen molar-refractivity contribution in [2.24, 2.45) is 0 Å². The molecule has 0 aliphatic rings. The molecule has 0 fully saturated rings. The van der Waals surface area contributed by atoms with Gasteiger partial charge in [0.05, 0.1) is 0 Å². The predicted octanol–water partition coefficient (Wildman–Crippen LogP) is 1.58. The van der Waals surface area contributed by atoms with Crippen LogP contribution in [0.2, 0.25) is 0 Å². The maximum Gasteiger partial charge on any atom is 0.388 e. The standard InChI is InChI=1S/C3H5F3.Li/c1-2-3(4,5)6;/h2H2,1H3;. The zero-order valence-electron chi connectivity index (χ0n) is 4.34. The van der Waals surface area contributed by atoms with Gasteiger partial charge in [0.1, 0.15) is 0 Å². The van der Waals surface area contributed by atoms with E-state index >= 15 is 0 Å². The maximum absolute atomic E-state index is 10.8. The molecule has 0 bridgehead atoms. The van der Waals surface area contributed by atoms with E-state index in [2.05, 4.69) is 0 Å². The molecule has 39 valence electrons. The number of alkyl halides is 3. The summed E-state index contributed by atoms with van der Waals surface area (Å²) < 4.78 is 32.4. The molecule has 0 aromatic rings. The van der Waals surface area contributed by atoms with Gasteiger partial charge in [0.15, 0.2) is 0 Å². The second-order valence-electron chi connectivity index (χ2n) is 0.969. The second kappa shape index (κ2) is 3.40. The van der Waals surface area contributed by atoms with Gasteiger partial charge in [-0.1, -0.05) is 6.92 Å². The van der Waals surface area contributed by atoms with Crippen molar-refractivity contribution in [1.82, 2.24) is 0 Å². The average Bonchev–Trinajstić information content (AvgIpc) is 1.35. The quantitative estimate of drug-likeness (QED) is 0.410. The van der Waals surface area contributed by atoms with Crippen LogP contribution in [-0.2, 0) is 0 Å². The molecule has 1 radical (unpaired) electrons. The van der Waals surface area contributed by atoms with Gasteiger partial charge in [-0.2, -0.15) is 13.2 Å². The third-order valence-corrected chi connectivity index (χ3v) is 0.401. The zero-order valence-corrected chi connectivity index (χ0v) is 4.34. The molecule has 0 nitrogen and oxygen atoms in total. The van der Waals surface area contributed by atoms with Gasteiger partial charge in [-0.25, -0.2) is 0 Å². The van der Waals surface area contributed by atoms with Gasteiger partial charge in [0.2, 0.25) is 0 Å². The zero-order chi connectivity index (χ0) is 5.21. The molecule has 0 atom stereocenters. The summed E-state index contributed by atoms with van der Waals surface area (Å²) >= 11 is 0. The van der Waals surface area contributed by atoms with E-state index in [-0.39, 0.29) is 18.9 Å². The van der Waals surface area contributed by atoms with E-state index in [1.165, 1.54) is 0 Å². The molecular weight excluding hydrogens is 100.0 g/mol. The SMILES string of the molecule is CCC(F)(F)F.[Li]. The van der Waals surface area contributed by atoms with Crippen LogP contribution in [-0.4, -0.2) is 25.0 Å². The number of hydrogen-bond acceptors (Lipinski definition) is 0. The van der Waals surface area contributed by atoms with Crippen molar-refractivity contribution < 1.29 is 13.2 Å². The smallest absolute Gasteiger partial charge is 0.171 e. The summed E-state index contributed by atoms with van der Waals surface area (Å²) in [5.74, 6) is 0. The first-order valence-corrected chi connectivity index (χ1v) is 1.63. The fraction of sp³-hybridized carbons (Fsp3) is 1.00. The monoisotopic (exact) mass is 105 g/mol. The molecule has 0 aromatic carbocycles. The minimum Gasteiger partial charge on any atom is -0.171 e. The van der Waals surface area contributed by atoms with Crippen molar-refractivity contribution in [3.05, 3.63) is 0 Å². The van der Waals surface area contributed by atoms with Gasteiger partial charge in [-0.05, 0) is 0 Å². The molecule has 0 rings (SSSR count). The molecule has 0 unspecified atom stereocenters. The van der Waals surface area contributed by atoms with E-state index in [0.29, 0.717) is 0 Å². The van der Waals surface area contributed by atoms with Gasteiger partial charge in [0, 0.05) is 25.3 Å². The first-order valence-electron chi connectivity index (χ1n) is 1.63. The van der Waals surface area contributed by atoms with Crippen LogP contribution < -0.4 is 0 Å². The van der Waals surface area contributed by atoms with Gasteiger partial charge < -0.3 is 0 Å². The van der Waals surface area contributed by atoms with Crippen LogP contribution in [0.25, 0.3) is 0 Å². The van der Waals surface area contributed by atoms with Crippen LogP contribution in [0.4, 0.5) is 13.2 Å². The van der Waals surface area contributed by atoms with Crippen LogP contribution in [0.15, 0.2) is 0 Å². The first-order chi connectivity index (χ1) is 2.56. The summed E-state index contributed by atoms with van der Waals surface area (Å²) in [6.45, 7) is 1.08. The topological polar surface area (TPSA) is 0 Å². The molecule has 4 heteroatoms. The molecule has 0 spiro atoms. The van der Waals surface area contributed by atoms with Crippen LogP contribution in [0.3, 0.4) is 0 Å². The van der Waals surface area contributed by atoms with Gasteiger partial charge in [-0.15, -0.1) is 0 Å². The van der Waals surface area contributed by atoms with E-state index in [9.17, 15) is 13.2 Å². The average molecular weight is 105 g/mol. The fourth-order valence-corrected chi connectivity index (χ4v) is 0. The van der Waals surface area contributed by atoms with Crippen molar-refractivity contribution in [3.63, 3.8) is 0 Å². The van der Waals surface area contributed by atoms with Crippen LogP contribution in [0.1, 0.15) is 13.3 Å². The largest absolute Gasteiger partial charge is 0.388 e. The molecule has 0 saturated heterocycles. The Kier molecular flexibility index (Phi) is 5.04. The van der Waals surface area contributed by atoms with Crippen molar-refractivity contribution in [3.8, 4) is 0 Å². The van der Waals surface area contributed by atoms with Crippen molar-refractivity contribution in [1.29, 1.82) is 0 Å². The second-order valence-corrected chi connectivity index (χ2v) is 0.969. The predicted molar refractivity (Wildman–Crippen MR) is 22.1 cm³/mol. The number of rotatable bonds is 0. The molecule has 0 amide bonds. The van der Waals surface area contributed by atoms with E-state index in [1.807, 2.05) is 0 Å². The van der Waals surface area contributed by atoms with Gasteiger partial charge in [-0.3, -0.25) is 0 Å². The Balaban J connectivity index is 0. The maximum atomic E-state index is 10.8. The summed E-state index contributed by atoms with van der Waals surface area (Å²) in [6, 6.07) is 0. The van der Waals surface area contributed by atoms with E-state index in [4.69, 9.17) is 0 Å². The molecule has 0 aliphatic carbocycles. The van der Waals surface area contributed by atoms with Crippen molar-refractivity contribution >= 4 is 18.9 Å². The minimum absolute atomic E-state index is 0. The first kappa shape index (κ1) is 10.4. The van der Waals surface area contributed by atoms with Crippen LogP contribution >= 0.6 is 0 Å². The summed E-state index contributed by atoms with van der Waals surface area (Å²) in [6.07, 6.45) is -4.69. The van der Waals surface area contributed by atoms with Crippen molar-refractivity contribution in [2.45, 2.75) is 19.5 Å². The molecule has 0 N–H and O–H groups in total. The van der Waals surface area contributed by atoms with Gasteiger partial charge in [0.25, 0.3) is 0 Å². The molecule has 7 heavy (non-hydrogen) atoms. The van der Waals surface area contributed by atoms with Crippen LogP contribution in [0.5, 0.6) is 0 Å². The van der Waals surface area contributed by atoms with E-state index in [1.54, 1.807) is 0 Å². The third kappa shape index (κ3) is 10.7. The summed E-state index contributed by atoms with van der Waals surface area (Å²) in [7, 11) is 0. The summed E-state index contributed by atoms with van der Waals surface area (Å²) in [5, 5.41) is 0. The fourth-order valence-electron chi connectivity index (χ4n) is 0. The summed E-state index contributed by atoms with van der Waals surface area (Å²) in [5.41, 5.74) is 0. The number of halogens is 3. The van der Waals surface area contributed by atoms with Crippen molar-refractivity contribution in [2.75, 3.05) is 0 Å². The Morgan fingerprint density at radius 2 is 1.43 bits per heavy atom. The van der Waals surface area contributed by atoms with Crippen LogP contribution in [0, 0.1) is 0 Å². The third-order valence-electron chi connectivity index (χ3n) is 0.401. The molecule has 0 aromatic heterocycles.